The molecule has 0 unspecified atom stereocenters. The van der Waals surface area contributed by atoms with E-state index in [4.69, 9.17) is 14.2 Å². The van der Waals surface area contributed by atoms with Gasteiger partial charge in [0, 0.05) is 0 Å². The Kier molecular flexibility index (Phi) is 21.4. The molecule has 0 fully saturated rings. The molecule has 234 valence electrons. The molecule has 0 heterocycles. The van der Waals surface area contributed by atoms with Crippen molar-refractivity contribution in [3.05, 3.63) is 162 Å². The Morgan fingerprint density at radius 2 is 0.477 bits per heavy atom. The summed E-state index contributed by atoms with van der Waals surface area (Å²) in [5.74, 6) is 2.73. The van der Waals surface area contributed by atoms with E-state index < -0.39 is 0 Å². The van der Waals surface area contributed by atoms with Crippen LogP contribution in [0.1, 0.15) is 49.9 Å². The van der Waals surface area contributed by atoms with Crippen LogP contribution >= 0.6 is 0 Å². The molecule has 5 aromatic carbocycles. The predicted octanol–water partition coefficient (Wildman–Crippen LogP) is 10.7. The van der Waals surface area contributed by atoms with Gasteiger partial charge in [0.25, 0.3) is 0 Å². The van der Waals surface area contributed by atoms with Crippen LogP contribution in [0.5, 0.6) is 17.2 Å². The molecular formula is C41H52O3. The Bertz CT molecular complexity index is 1110. The van der Waals surface area contributed by atoms with Gasteiger partial charge < -0.3 is 14.2 Å². The van der Waals surface area contributed by atoms with Crippen LogP contribution in [0.3, 0.4) is 0 Å². The maximum absolute atomic E-state index is 4.91. The van der Waals surface area contributed by atoms with Crippen molar-refractivity contribution < 1.29 is 14.2 Å². The van der Waals surface area contributed by atoms with Crippen LogP contribution in [0.4, 0.5) is 0 Å². The summed E-state index contributed by atoms with van der Waals surface area (Å²) in [7, 11) is 4.99. The average Bonchev–Trinajstić information content (AvgIpc) is 3.13. The lowest BCUT2D eigenvalue weighted by Crippen LogP contribution is -1.81. The lowest BCUT2D eigenvalue weighted by Gasteiger charge is -1.97. The van der Waals surface area contributed by atoms with Crippen molar-refractivity contribution in [2.45, 2.75) is 53.4 Å². The van der Waals surface area contributed by atoms with Gasteiger partial charge in [-0.05, 0) is 84.3 Å². The van der Waals surface area contributed by atoms with Gasteiger partial charge in [0.1, 0.15) is 17.2 Å². The first-order valence-corrected chi connectivity index (χ1v) is 15.5. The number of aryl methyl sites for hydroxylation is 4. The van der Waals surface area contributed by atoms with Crippen LogP contribution in [0.2, 0.25) is 0 Å². The number of methoxy groups -OCH3 is 3. The first-order chi connectivity index (χ1) is 21.5. The van der Waals surface area contributed by atoms with E-state index in [9.17, 15) is 0 Å². The minimum atomic E-state index is 0.910. The molecule has 0 aliphatic rings. The number of benzene rings is 5. The number of hydrogen-bond donors (Lipinski definition) is 0. The zero-order chi connectivity index (χ0) is 32.3. The molecule has 0 aromatic heterocycles. The predicted molar refractivity (Wildman–Crippen MR) is 189 cm³/mol. The van der Waals surface area contributed by atoms with Crippen molar-refractivity contribution in [2.75, 3.05) is 21.3 Å². The van der Waals surface area contributed by atoms with Gasteiger partial charge in [0.15, 0.2) is 0 Å². The molecule has 44 heavy (non-hydrogen) atoms. The molecule has 0 bridgehead atoms. The van der Waals surface area contributed by atoms with Crippen LogP contribution in [-0.2, 0) is 25.7 Å². The largest absolute Gasteiger partial charge is 0.497 e. The van der Waals surface area contributed by atoms with Gasteiger partial charge in [0.2, 0.25) is 0 Å². The van der Waals surface area contributed by atoms with Crippen LogP contribution in [-0.4, -0.2) is 21.3 Å². The van der Waals surface area contributed by atoms with Crippen molar-refractivity contribution >= 4 is 0 Å². The van der Waals surface area contributed by atoms with E-state index in [0.717, 1.165) is 42.9 Å². The lowest BCUT2D eigenvalue weighted by atomic mass is 10.1. The molecule has 0 N–H and O–H groups in total. The Balaban J connectivity index is 0.000000276. The van der Waals surface area contributed by atoms with Gasteiger partial charge in [-0.2, -0.15) is 0 Å². The van der Waals surface area contributed by atoms with Crippen LogP contribution in [0.25, 0.3) is 0 Å². The highest BCUT2D eigenvalue weighted by Gasteiger charge is 1.89. The van der Waals surface area contributed by atoms with Crippen molar-refractivity contribution in [2.24, 2.45) is 0 Å². The molecule has 0 saturated heterocycles. The fourth-order valence-electron chi connectivity index (χ4n) is 3.69. The zero-order valence-electron chi connectivity index (χ0n) is 27.8. The molecule has 0 atom stereocenters. The van der Waals surface area contributed by atoms with Crippen LogP contribution in [0, 0.1) is 0 Å². The van der Waals surface area contributed by atoms with Gasteiger partial charge in [-0.3, -0.25) is 0 Å². The third-order valence-corrected chi connectivity index (χ3v) is 6.62. The second-order valence-corrected chi connectivity index (χ2v) is 9.60. The van der Waals surface area contributed by atoms with Crippen LogP contribution in [0.15, 0.2) is 140 Å². The molecule has 5 aromatic rings. The summed E-state index contributed by atoms with van der Waals surface area (Å²) >= 11 is 0. The molecule has 3 heteroatoms. The van der Waals surface area contributed by atoms with E-state index in [1.807, 2.05) is 91.0 Å². The molecule has 3 nitrogen and oxygen atoms in total. The summed E-state index contributed by atoms with van der Waals surface area (Å²) in [5.41, 5.74) is 5.71. The first-order valence-electron chi connectivity index (χ1n) is 15.5. The Hall–Kier alpha value is -4.50. The van der Waals surface area contributed by atoms with E-state index in [0.29, 0.717) is 0 Å². The molecule has 0 aliphatic carbocycles. The highest BCUT2D eigenvalue weighted by Crippen LogP contribution is 2.08. The maximum atomic E-state index is 4.91. The molecule has 0 radical (unpaired) electrons. The second-order valence-electron chi connectivity index (χ2n) is 9.60. The van der Waals surface area contributed by atoms with Crippen molar-refractivity contribution in [1.82, 2.24) is 0 Å². The van der Waals surface area contributed by atoms with E-state index in [1.165, 1.54) is 22.3 Å². The summed E-state index contributed by atoms with van der Waals surface area (Å²) < 4.78 is 14.7. The number of ether oxygens (including phenoxy) is 3. The Morgan fingerprint density at radius 1 is 0.295 bits per heavy atom. The van der Waals surface area contributed by atoms with E-state index in [-0.39, 0.29) is 0 Å². The van der Waals surface area contributed by atoms with Gasteiger partial charge in [0.05, 0.1) is 21.3 Å². The Labute approximate surface area is 267 Å². The fraction of sp³-hybridized carbons (Fsp3) is 0.268. The number of hydrogen-bond acceptors (Lipinski definition) is 3. The number of para-hydroxylation sites is 3. The quantitative estimate of drug-likeness (QED) is 0.188. The highest BCUT2D eigenvalue weighted by molar-refractivity contribution is 5.24. The Morgan fingerprint density at radius 3 is 0.591 bits per heavy atom. The molecule has 0 amide bonds. The molecule has 0 spiro atoms. The summed E-state index contributed by atoms with van der Waals surface area (Å²) in [6, 6.07) is 46.7. The highest BCUT2D eigenvalue weighted by atomic mass is 16.5. The van der Waals surface area contributed by atoms with Crippen molar-refractivity contribution in [3.63, 3.8) is 0 Å². The summed E-state index contributed by atoms with van der Waals surface area (Å²) in [4.78, 5) is 0. The zero-order valence-corrected chi connectivity index (χ0v) is 27.8. The molecular weight excluding hydrogens is 540 g/mol. The molecule has 5 rings (SSSR count). The fourth-order valence-corrected chi connectivity index (χ4v) is 3.69. The average molecular weight is 593 g/mol. The monoisotopic (exact) mass is 592 g/mol. The first kappa shape index (κ1) is 37.5. The molecule has 0 saturated carbocycles. The van der Waals surface area contributed by atoms with E-state index in [1.54, 1.807) is 21.3 Å². The van der Waals surface area contributed by atoms with E-state index >= 15 is 0 Å². The number of rotatable bonds is 7. The van der Waals surface area contributed by atoms with Crippen molar-refractivity contribution in [3.8, 4) is 17.2 Å². The summed E-state index contributed by atoms with van der Waals surface area (Å²) in [6.07, 6.45) is 4.57. The van der Waals surface area contributed by atoms with E-state index in [2.05, 4.69) is 76.2 Å². The standard InChI is InChI=1S/2C10H14.3C7H8O/c2*1-3-9-5-7-10(4-2)8-6-9;3*1-8-7-5-3-2-4-6-7/h2*5-8H,3-4H2,1-2H3;3*2-6H,1H3. The van der Waals surface area contributed by atoms with Gasteiger partial charge in [-0.15, -0.1) is 0 Å². The minimum absolute atomic E-state index is 0.910. The third kappa shape index (κ3) is 17.5. The van der Waals surface area contributed by atoms with Crippen molar-refractivity contribution in [1.29, 1.82) is 0 Å². The normalized spacial score (nSPS) is 9.16. The van der Waals surface area contributed by atoms with Gasteiger partial charge >= 0.3 is 0 Å². The molecule has 0 aliphatic heterocycles. The summed E-state index contributed by atoms with van der Waals surface area (Å²) in [6.45, 7) is 8.73. The second kappa shape index (κ2) is 25.0. The van der Waals surface area contributed by atoms with Gasteiger partial charge in [-0.25, -0.2) is 0 Å². The topological polar surface area (TPSA) is 27.7 Å². The summed E-state index contributed by atoms with van der Waals surface area (Å²) in [5, 5.41) is 0. The SMILES string of the molecule is CCc1ccc(CC)cc1.CCc1ccc(CC)cc1.COc1ccccc1.COc1ccccc1.COc1ccccc1. The third-order valence-electron chi connectivity index (χ3n) is 6.62. The van der Waals surface area contributed by atoms with Gasteiger partial charge in [-0.1, -0.05) is 131 Å². The lowest BCUT2D eigenvalue weighted by molar-refractivity contribution is 0.414. The maximum Gasteiger partial charge on any atom is 0.118 e. The smallest absolute Gasteiger partial charge is 0.118 e. The van der Waals surface area contributed by atoms with Crippen LogP contribution < -0.4 is 14.2 Å². The minimum Gasteiger partial charge on any atom is -0.497 e.